The number of alkyl halides is 1. The molecule has 4 heteroatoms. The number of halogens is 1. The molecule has 1 rings (SSSR count). The minimum atomic E-state index is 0.203. The Labute approximate surface area is 106 Å². The second-order valence-corrected chi connectivity index (χ2v) is 5.16. The van der Waals surface area contributed by atoms with E-state index in [1.165, 1.54) is 0 Å². The molecule has 0 aromatic rings. The van der Waals surface area contributed by atoms with E-state index in [4.69, 9.17) is 4.74 Å². The summed E-state index contributed by atoms with van der Waals surface area (Å²) in [5.41, 5.74) is 0. The molecule has 1 amide bonds. The highest BCUT2D eigenvalue weighted by Gasteiger charge is 2.30. The number of rotatable bonds is 8. The quantitative estimate of drug-likeness (QED) is 0.551. The molecule has 0 unspecified atom stereocenters. The molecule has 0 radical (unpaired) electrons. The SMILES string of the molecule is CCOC1CC(CC(=O)NCCCCBr)C1. The Morgan fingerprint density at radius 1 is 1.44 bits per heavy atom. The summed E-state index contributed by atoms with van der Waals surface area (Å²) in [7, 11) is 0. The van der Waals surface area contributed by atoms with Gasteiger partial charge in [-0.3, -0.25) is 4.79 Å². The first-order valence-corrected chi connectivity index (χ1v) is 7.32. The zero-order chi connectivity index (χ0) is 11.8. The Kier molecular flexibility index (Phi) is 7.05. The van der Waals surface area contributed by atoms with Crippen molar-refractivity contribution in [3.8, 4) is 0 Å². The van der Waals surface area contributed by atoms with Gasteiger partial charge in [0.15, 0.2) is 0 Å². The Morgan fingerprint density at radius 3 is 2.81 bits per heavy atom. The fourth-order valence-electron chi connectivity index (χ4n) is 1.99. The fraction of sp³-hybridized carbons (Fsp3) is 0.917. The molecule has 16 heavy (non-hydrogen) atoms. The summed E-state index contributed by atoms with van der Waals surface area (Å²) in [6.45, 7) is 3.62. The number of nitrogens with one attached hydrogen (secondary N) is 1. The van der Waals surface area contributed by atoms with E-state index in [1.54, 1.807) is 0 Å². The molecule has 1 aliphatic rings. The smallest absolute Gasteiger partial charge is 0.220 e. The van der Waals surface area contributed by atoms with Gasteiger partial charge in [0.1, 0.15) is 0 Å². The number of ether oxygens (including phenoxy) is 1. The van der Waals surface area contributed by atoms with E-state index >= 15 is 0 Å². The van der Waals surface area contributed by atoms with Crippen molar-refractivity contribution in [3.63, 3.8) is 0 Å². The van der Waals surface area contributed by atoms with Crippen LogP contribution in [0, 0.1) is 5.92 Å². The van der Waals surface area contributed by atoms with Crippen molar-refractivity contribution in [1.29, 1.82) is 0 Å². The number of hydrogen-bond donors (Lipinski definition) is 1. The molecule has 0 heterocycles. The Morgan fingerprint density at radius 2 is 2.19 bits per heavy atom. The highest BCUT2D eigenvalue weighted by Crippen LogP contribution is 2.32. The average Bonchev–Trinajstić information content (AvgIpc) is 2.21. The minimum absolute atomic E-state index is 0.203. The summed E-state index contributed by atoms with van der Waals surface area (Å²) in [4.78, 5) is 11.5. The van der Waals surface area contributed by atoms with Crippen LogP contribution in [0.2, 0.25) is 0 Å². The monoisotopic (exact) mass is 291 g/mol. The van der Waals surface area contributed by atoms with Crippen LogP contribution in [0.3, 0.4) is 0 Å². The van der Waals surface area contributed by atoms with Crippen LogP contribution < -0.4 is 5.32 Å². The van der Waals surface area contributed by atoms with Crippen molar-refractivity contribution < 1.29 is 9.53 Å². The molecule has 0 aromatic heterocycles. The van der Waals surface area contributed by atoms with E-state index in [0.717, 1.165) is 44.2 Å². The van der Waals surface area contributed by atoms with E-state index in [2.05, 4.69) is 21.2 Å². The number of carbonyl (C=O) groups excluding carboxylic acids is 1. The van der Waals surface area contributed by atoms with E-state index in [-0.39, 0.29) is 5.91 Å². The lowest BCUT2D eigenvalue weighted by molar-refractivity contribution is -0.124. The third-order valence-electron chi connectivity index (χ3n) is 2.95. The van der Waals surface area contributed by atoms with Gasteiger partial charge in [-0.05, 0) is 38.5 Å². The van der Waals surface area contributed by atoms with Gasteiger partial charge in [0, 0.05) is 24.9 Å². The number of carbonyl (C=O) groups is 1. The van der Waals surface area contributed by atoms with Crippen LogP contribution in [0.5, 0.6) is 0 Å². The predicted octanol–water partition coefficient (Wildman–Crippen LogP) is 2.48. The van der Waals surface area contributed by atoms with Gasteiger partial charge in [-0.2, -0.15) is 0 Å². The largest absolute Gasteiger partial charge is 0.378 e. The Balaban J connectivity index is 1.95. The van der Waals surface area contributed by atoms with Crippen molar-refractivity contribution >= 4 is 21.8 Å². The molecule has 3 nitrogen and oxygen atoms in total. The first-order chi connectivity index (χ1) is 7.76. The lowest BCUT2D eigenvalue weighted by Crippen LogP contribution is -2.36. The maximum atomic E-state index is 11.5. The summed E-state index contributed by atoms with van der Waals surface area (Å²) in [5, 5.41) is 3.98. The molecule has 94 valence electrons. The zero-order valence-electron chi connectivity index (χ0n) is 10.0. The van der Waals surface area contributed by atoms with Gasteiger partial charge in [0.05, 0.1) is 6.10 Å². The maximum absolute atomic E-state index is 11.5. The summed E-state index contributed by atoms with van der Waals surface area (Å²) in [6.07, 6.45) is 5.39. The predicted molar refractivity (Wildman–Crippen MR) is 68.8 cm³/mol. The topological polar surface area (TPSA) is 38.3 Å². The highest BCUT2D eigenvalue weighted by atomic mass is 79.9. The molecule has 0 atom stereocenters. The molecule has 0 spiro atoms. The molecule has 1 N–H and O–H groups in total. The van der Waals surface area contributed by atoms with Gasteiger partial charge in [-0.1, -0.05) is 15.9 Å². The molecule has 1 aliphatic carbocycles. The van der Waals surface area contributed by atoms with E-state index in [0.29, 0.717) is 18.4 Å². The fourth-order valence-corrected chi connectivity index (χ4v) is 2.39. The lowest BCUT2D eigenvalue weighted by Gasteiger charge is -2.34. The summed E-state index contributed by atoms with van der Waals surface area (Å²) in [5.74, 6) is 0.752. The summed E-state index contributed by atoms with van der Waals surface area (Å²) in [6, 6.07) is 0. The van der Waals surface area contributed by atoms with Crippen molar-refractivity contribution in [3.05, 3.63) is 0 Å². The van der Waals surface area contributed by atoms with Crippen molar-refractivity contribution in [1.82, 2.24) is 5.32 Å². The standard InChI is InChI=1S/C12H22BrNO2/c1-2-16-11-7-10(8-11)9-12(15)14-6-4-3-5-13/h10-11H,2-9H2,1H3,(H,14,15). The van der Waals surface area contributed by atoms with Crippen molar-refractivity contribution in [2.24, 2.45) is 5.92 Å². The first-order valence-electron chi connectivity index (χ1n) is 6.20. The number of unbranched alkanes of at least 4 members (excludes halogenated alkanes) is 1. The third-order valence-corrected chi connectivity index (χ3v) is 3.51. The van der Waals surface area contributed by atoms with E-state index in [1.807, 2.05) is 6.92 Å². The Bertz CT molecular complexity index is 205. The summed E-state index contributed by atoms with van der Waals surface area (Å²) < 4.78 is 5.47. The van der Waals surface area contributed by atoms with Crippen molar-refractivity contribution in [2.75, 3.05) is 18.5 Å². The summed E-state index contributed by atoms with van der Waals surface area (Å²) >= 11 is 3.37. The molecule has 0 aromatic carbocycles. The van der Waals surface area contributed by atoms with Gasteiger partial charge in [0.2, 0.25) is 5.91 Å². The third kappa shape index (κ3) is 5.30. The van der Waals surface area contributed by atoms with Crippen LogP contribution in [0.4, 0.5) is 0 Å². The highest BCUT2D eigenvalue weighted by molar-refractivity contribution is 9.09. The minimum Gasteiger partial charge on any atom is -0.378 e. The average molecular weight is 292 g/mol. The van der Waals surface area contributed by atoms with Crippen LogP contribution in [0.25, 0.3) is 0 Å². The second kappa shape index (κ2) is 8.07. The first kappa shape index (κ1) is 14.0. The number of amides is 1. The van der Waals surface area contributed by atoms with Crippen LogP contribution in [0.1, 0.15) is 39.0 Å². The molecular formula is C12H22BrNO2. The molecular weight excluding hydrogens is 270 g/mol. The number of hydrogen-bond acceptors (Lipinski definition) is 2. The van der Waals surface area contributed by atoms with Crippen LogP contribution in [-0.2, 0) is 9.53 Å². The normalized spacial score (nSPS) is 23.9. The van der Waals surface area contributed by atoms with Crippen LogP contribution >= 0.6 is 15.9 Å². The van der Waals surface area contributed by atoms with Gasteiger partial charge >= 0.3 is 0 Å². The molecule has 1 saturated carbocycles. The zero-order valence-corrected chi connectivity index (χ0v) is 11.6. The molecule has 0 saturated heterocycles. The van der Waals surface area contributed by atoms with E-state index < -0.39 is 0 Å². The lowest BCUT2D eigenvalue weighted by atomic mass is 9.80. The second-order valence-electron chi connectivity index (χ2n) is 4.36. The Hall–Kier alpha value is -0.0900. The molecule has 0 bridgehead atoms. The van der Waals surface area contributed by atoms with E-state index in [9.17, 15) is 4.79 Å². The van der Waals surface area contributed by atoms with Gasteiger partial charge in [0.25, 0.3) is 0 Å². The van der Waals surface area contributed by atoms with Crippen LogP contribution in [-0.4, -0.2) is 30.5 Å². The maximum Gasteiger partial charge on any atom is 0.220 e. The van der Waals surface area contributed by atoms with Gasteiger partial charge in [-0.15, -0.1) is 0 Å². The van der Waals surface area contributed by atoms with Crippen molar-refractivity contribution in [2.45, 2.75) is 45.1 Å². The van der Waals surface area contributed by atoms with Crippen LogP contribution in [0.15, 0.2) is 0 Å². The van der Waals surface area contributed by atoms with Gasteiger partial charge in [-0.25, -0.2) is 0 Å². The van der Waals surface area contributed by atoms with Gasteiger partial charge < -0.3 is 10.1 Å². The molecule has 0 aliphatic heterocycles. The molecule has 1 fully saturated rings.